The zero-order chi connectivity index (χ0) is 14.0. The van der Waals surface area contributed by atoms with E-state index in [0.29, 0.717) is 22.0 Å². The van der Waals surface area contributed by atoms with Gasteiger partial charge in [0, 0.05) is 20.9 Å². The van der Waals surface area contributed by atoms with Crippen molar-refractivity contribution in [2.75, 3.05) is 6.61 Å². The molecule has 7 heteroatoms. The normalized spacial score (nSPS) is 12.3. The maximum Gasteiger partial charge on any atom is 0.181 e. The molecule has 0 aliphatic rings. The summed E-state index contributed by atoms with van der Waals surface area (Å²) in [5.41, 5.74) is 1.44. The molecule has 0 aromatic carbocycles. The summed E-state index contributed by atoms with van der Waals surface area (Å²) in [4.78, 5) is 8.66. The first-order chi connectivity index (χ1) is 8.88. The molecule has 0 fully saturated rings. The summed E-state index contributed by atoms with van der Waals surface area (Å²) in [6, 6.07) is 2.88. The second-order valence-electron chi connectivity index (χ2n) is 5.62. The van der Waals surface area contributed by atoms with Crippen molar-refractivity contribution in [3.63, 3.8) is 0 Å². The van der Waals surface area contributed by atoms with E-state index in [1.54, 1.807) is 12.3 Å². The van der Waals surface area contributed by atoms with Crippen LogP contribution in [0.25, 0.3) is 11.2 Å². The van der Waals surface area contributed by atoms with Crippen LogP contribution < -0.4 is 0 Å². The smallest absolute Gasteiger partial charge is 0.181 e. The van der Waals surface area contributed by atoms with E-state index in [4.69, 9.17) is 16.3 Å². The van der Waals surface area contributed by atoms with Crippen molar-refractivity contribution >= 4 is 46.8 Å². The van der Waals surface area contributed by atoms with E-state index in [9.17, 15) is 0 Å². The number of pyridine rings is 1. The van der Waals surface area contributed by atoms with Crippen LogP contribution in [0.5, 0.6) is 0 Å². The summed E-state index contributed by atoms with van der Waals surface area (Å²) in [6.07, 6.45) is 1.68. The van der Waals surface area contributed by atoms with Crippen molar-refractivity contribution in [1.29, 1.82) is 0 Å². The van der Waals surface area contributed by atoms with Gasteiger partial charge in [-0.3, -0.25) is 4.57 Å². The summed E-state index contributed by atoms with van der Waals surface area (Å²) in [5, 5.41) is 0.603. The number of nitrogens with zero attached hydrogens (tertiary/aromatic N) is 3. The molecule has 0 N–H and O–H groups in total. The highest BCUT2D eigenvalue weighted by atomic mass is 79.9. The van der Waals surface area contributed by atoms with Crippen molar-refractivity contribution in [2.24, 2.45) is 0 Å². The van der Waals surface area contributed by atoms with E-state index in [1.165, 1.54) is 0 Å². The number of ether oxygens (including phenoxy) is 1. The highest BCUT2D eigenvalue weighted by Gasteiger charge is 2.14. The summed E-state index contributed by atoms with van der Waals surface area (Å²) in [7, 11) is -1.05. The molecule has 2 rings (SSSR count). The molecule has 0 saturated carbocycles. The Morgan fingerprint density at radius 1 is 1.42 bits per heavy atom. The molecule has 2 heterocycles. The fourth-order valence-electron chi connectivity index (χ4n) is 1.61. The average Bonchev–Trinajstić information content (AvgIpc) is 2.62. The molecule has 2 aromatic rings. The first-order valence-electron chi connectivity index (χ1n) is 6.12. The van der Waals surface area contributed by atoms with Gasteiger partial charge in [0.15, 0.2) is 10.4 Å². The molecule has 0 aliphatic carbocycles. The number of hydrogen-bond acceptors (Lipinski definition) is 3. The first-order valence-corrected chi connectivity index (χ1v) is 11.0. The minimum Gasteiger partial charge on any atom is -0.361 e. The summed E-state index contributed by atoms with van der Waals surface area (Å²) < 4.78 is 8.30. The Labute approximate surface area is 127 Å². The van der Waals surface area contributed by atoms with Crippen LogP contribution >= 0.6 is 27.5 Å². The number of aromatic nitrogens is 3. The van der Waals surface area contributed by atoms with Crippen LogP contribution in [-0.2, 0) is 11.5 Å². The second-order valence-corrected chi connectivity index (χ2v) is 12.4. The minimum absolute atomic E-state index is 0.439. The zero-order valence-corrected chi connectivity index (χ0v) is 14.6. The molecule has 0 aliphatic heterocycles. The molecule has 104 valence electrons. The number of halogens is 2. The average molecular weight is 363 g/mol. The van der Waals surface area contributed by atoms with Crippen LogP contribution in [-0.4, -0.2) is 29.2 Å². The van der Waals surface area contributed by atoms with E-state index in [-0.39, 0.29) is 0 Å². The lowest BCUT2D eigenvalue weighted by molar-refractivity contribution is 0.0880. The van der Waals surface area contributed by atoms with Gasteiger partial charge < -0.3 is 4.74 Å². The Balaban J connectivity index is 2.09. The predicted octanol–water partition coefficient (Wildman–Crippen LogP) is 4.16. The second kappa shape index (κ2) is 5.91. The van der Waals surface area contributed by atoms with Gasteiger partial charge >= 0.3 is 0 Å². The Kier molecular flexibility index (Phi) is 4.65. The molecule has 0 saturated heterocycles. The molecule has 0 bridgehead atoms. The third-order valence-electron chi connectivity index (χ3n) is 2.75. The van der Waals surface area contributed by atoms with E-state index in [1.807, 2.05) is 4.57 Å². The van der Waals surface area contributed by atoms with E-state index < -0.39 is 8.07 Å². The van der Waals surface area contributed by atoms with Gasteiger partial charge in [-0.2, -0.15) is 0 Å². The summed E-state index contributed by atoms with van der Waals surface area (Å²) in [5.74, 6) is 0. The number of hydrogen-bond donors (Lipinski definition) is 0. The fourth-order valence-corrected chi connectivity index (χ4v) is 3.00. The van der Waals surface area contributed by atoms with Gasteiger partial charge in [-0.05, 0) is 28.0 Å². The number of fused-ring (bicyclic) bond motifs is 1. The first kappa shape index (κ1) is 15.0. The Morgan fingerprint density at radius 2 is 2.16 bits per heavy atom. The molecule has 4 nitrogen and oxygen atoms in total. The third-order valence-corrected chi connectivity index (χ3v) is 5.37. The Hall–Kier alpha value is -0.433. The van der Waals surface area contributed by atoms with Crippen molar-refractivity contribution in [2.45, 2.75) is 32.4 Å². The fraction of sp³-hybridized carbons (Fsp3) is 0.500. The minimum atomic E-state index is -1.05. The van der Waals surface area contributed by atoms with Crippen LogP contribution in [0.1, 0.15) is 0 Å². The van der Waals surface area contributed by atoms with Gasteiger partial charge in [-0.15, -0.1) is 0 Å². The highest BCUT2D eigenvalue weighted by molar-refractivity contribution is 9.10. The summed E-state index contributed by atoms with van der Waals surface area (Å²) >= 11 is 9.51. The van der Waals surface area contributed by atoms with Crippen LogP contribution in [0.4, 0.5) is 0 Å². The maximum atomic E-state index is 6.09. The van der Waals surface area contributed by atoms with Crippen molar-refractivity contribution in [3.05, 3.63) is 22.0 Å². The SMILES string of the molecule is C[Si](C)(C)CCOCn1c(Br)nc2c(Cl)ccnc21. The number of imidazole rings is 1. The molecule has 0 spiro atoms. The quantitative estimate of drug-likeness (QED) is 0.592. The predicted molar refractivity (Wildman–Crippen MR) is 84.3 cm³/mol. The molecular formula is C12H17BrClN3OSi. The summed E-state index contributed by atoms with van der Waals surface area (Å²) in [6.45, 7) is 8.21. The van der Waals surface area contributed by atoms with Gasteiger partial charge in [0.25, 0.3) is 0 Å². The van der Waals surface area contributed by atoms with Crippen molar-refractivity contribution < 1.29 is 4.74 Å². The van der Waals surface area contributed by atoms with Gasteiger partial charge in [-0.1, -0.05) is 31.2 Å². The van der Waals surface area contributed by atoms with E-state index in [0.717, 1.165) is 18.3 Å². The highest BCUT2D eigenvalue weighted by Crippen LogP contribution is 2.24. The third kappa shape index (κ3) is 3.78. The zero-order valence-electron chi connectivity index (χ0n) is 11.3. The standard InChI is InChI=1S/C12H17BrClN3OSi/c1-19(2,3)7-6-18-8-17-11-10(16-12(17)13)9(14)4-5-15-11/h4-5H,6-8H2,1-3H3. The molecule has 0 amide bonds. The maximum absolute atomic E-state index is 6.09. The molecule has 2 aromatic heterocycles. The Bertz CT molecular complexity index is 582. The Morgan fingerprint density at radius 3 is 2.84 bits per heavy atom. The van der Waals surface area contributed by atoms with Crippen LogP contribution in [0.3, 0.4) is 0 Å². The molecule has 19 heavy (non-hydrogen) atoms. The van der Waals surface area contributed by atoms with Crippen LogP contribution in [0, 0.1) is 0 Å². The lowest BCUT2D eigenvalue weighted by Crippen LogP contribution is -2.22. The van der Waals surface area contributed by atoms with Crippen molar-refractivity contribution in [1.82, 2.24) is 14.5 Å². The van der Waals surface area contributed by atoms with Gasteiger partial charge in [0.05, 0.1) is 5.02 Å². The topological polar surface area (TPSA) is 39.9 Å². The van der Waals surface area contributed by atoms with Gasteiger partial charge in [-0.25, -0.2) is 9.97 Å². The van der Waals surface area contributed by atoms with Gasteiger partial charge in [0.2, 0.25) is 0 Å². The molecule has 0 unspecified atom stereocenters. The van der Waals surface area contributed by atoms with Gasteiger partial charge in [0.1, 0.15) is 12.2 Å². The molecular weight excluding hydrogens is 346 g/mol. The lowest BCUT2D eigenvalue weighted by Gasteiger charge is -2.15. The monoisotopic (exact) mass is 361 g/mol. The largest absolute Gasteiger partial charge is 0.361 e. The van der Waals surface area contributed by atoms with E-state index in [2.05, 4.69) is 45.5 Å². The lowest BCUT2D eigenvalue weighted by atomic mass is 10.4. The molecule has 0 atom stereocenters. The van der Waals surface area contributed by atoms with E-state index >= 15 is 0 Å². The molecule has 0 radical (unpaired) electrons. The number of rotatable bonds is 5. The van der Waals surface area contributed by atoms with Crippen LogP contribution in [0.2, 0.25) is 30.7 Å². The van der Waals surface area contributed by atoms with Crippen molar-refractivity contribution in [3.8, 4) is 0 Å². The van der Waals surface area contributed by atoms with Crippen LogP contribution in [0.15, 0.2) is 17.0 Å².